The second kappa shape index (κ2) is 8.20. The highest BCUT2D eigenvalue weighted by atomic mass is 79.9. The standard InChI is InChI=1S/C12H9Br.C2H3NO2/c13-12-8-6-11(7-9-12)10-4-2-1-3-5-10;4-2-1-3-5/h1-9H;1-2,5H. The first kappa shape index (κ1) is 14.1. The maximum Gasteiger partial charge on any atom is 0.164 e. The lowest BCUT2D eigenvalue weighted by molar-refractivity contribution is -0.102. The Hall–Kier alpha value is -1.94. The Labute approximate surface area is 114 Å². The number of halogens is 1. The normalized spacial score (nSPS) is 9.61. The molecule has 18 heavy (non-hydrogen) atoms. The summed E-state index contributed by atoms with van der Waals surface area (Å²) in [7, 11) is 0. The molecule has 92 valence electrons. The van der Waals surface area contributed by atoms with E-state index in [0.29, 0.717) is 6.29 Å². The minimum atomic E-state index is 0.389. The monoisotopic (exact) mass is 305 g/mol. The summed E-state index contributed by atoms with van der Waals surface area (Å²) in [5, 5.41) is 9.77. The zero-order valence-electron chi connectivity index (χ0n) is 9.53. The molecule has 0 aliphatic heterocycles. The van der Waals surface area contributed by atoms with Gasteiger partial charge in [-0.3, -0.25) is 4.79 Å². The average molecular weight is 306 g/mol. The number of oxime groups is 1. The Balaban J connectivity index is 0.000000280. The van der Waals surface area contributed by atoms with Crippen LogP contribution in [0.25, 0.3) is 11.1 Å². The summed E-state index contributed by atoms with van der Waals surface area (Å²) < 4.78 is 1.12. The number of hydrogen-bond acceptors (Lipinski definition) is 3. The molecule has 0 aliphatic carbocycles. The lowest BCUT2D eigenvalue weighted by Gasteiger charge is -2.00. The summed E-state index contributed by atoms with van der Waals surface area (Å²) in [6.45, 7) is 0. The second-order valence-corrected chi connectivity index (χ2v) is 4.19. The van der Waals surface area contributed by atoms with Gasteiger partial charge in [-0.25, -0.2) is 0 Å². The predicted molar refractivity (Wildman–Crippen MR) is 75.9 cm³/mol. The van der Waals surface area contributed by atoms with E-state index in [0.717, 1.165) is 10.7 Å². The highest BCUT2D eigenvalue weighted by molar-refractivity contribution is 9.10. The summed E-state index contributed by atoms with van der Waals surface area (Å²) in [5.74, 6) is 0. The van der Waals surface area contributed by atoms with Crippen LogP contribution in [0.15, 0.2) is 64.2 Å². The molecule has 0 bridgehead atoms. The topological polar surface area (TPSA) is 49.7 Å². The Morgan fingerprint density at radius 3 is 1.94 bits per heavy atom. The number of hydrogen-bond donors (Lipinski definition) is 1. The Kier molecular flexibility index (Phi) is 6.43. The number of nitrogens with zero attached hydrogens (tertiary/aromatic N) is 1. The molecule has 2 aromatic rings. The van der Waals surface area contributed by atoms with Crippen molar-refractivity contribution >= 4 is 28.4 Å². The molecule has 3 nitrogen and oxygen atoms in total. The van der Waals surface area contributed by atoms with Crippen molar-refractivity contribution in [1.82, 2.24) is 0 Å². The van der Waals surface area contributed by atoms with Crippen molar-refractivity contribution in [2.24, 2.45) is 5.16 Å². The average Bonchev–Trinajstić information content (AvgIpc) is 2.42. The van der Waals surface area contributed by atoms with Crippen LogP contribution in [-0.2, 0) is 4.79 Å². The Morgan fingerprint density at radius 2 is 1.50 bits per heavy atom. The van der Waals surface area contributed by atoms with Crippen LogP contribution in [0.1, 0.15) is 0 Å². The summed E-state index contributed by atoms with van der Waals surface area (Å²) in [6.07, 6.45) is 1.14. The third kappa shape index (κ3) is 4.93. The summed E-state index contributed by atoms with van der Waals surface area (Å²) in [5.41, 5.74) is 2.51. The molecule has 4 heteroatoms. The van der Waals surface area contributed by atoms with Gasteiger partial charge in [0.2, 0.25) is 0 Å². The van der Waals surface area contributed by atoms with Gasteiger partial charge in [0.1, 0.15) is 6.21 Å². The molecule has 2 aromatic carbocycles. The van der Waals surface area contributed by atoms with Crippen LogP contribution in [0.2, 0.25) is 0 Å². The van der Waals surface area contributed by atoms with Gasteiger partial charge in [0.25, 0.3) is 0 Å². The van der Waals surface area contributed by atoms with E-state index < -0.39 is 0 Å². The van der Waals surface area contributed by atoms with E-state index in [1.54, 1.807) is 0 Å². The summed E-state index contributed by atoms with van der Waals surface area (Å²) in [4.78, 5) is 9.10. The molecule has 0 unspecified atom stereocenters. The van der Waals surface area contributed by atoms with E-state index in [-0.39, 0.29) is 0 Å². The fraction of sp³-hybridized carbons (Fsp3) is 0. The van der Waals surface area contributed by atoms with E-state index in [1.807, 2.05) is 6.07 Å². The lowest BCUT2D eigenvalue weighted by Crippen LogP contribution is -1.75. The van der Waals surface area contributed by atoms with E-state index in [1.165, 1.54) is 11.1 Å². The van der Waals surface area contributed by atoms with Gasteiger partial charge in [-0.2, -0.15) is 0 Å². The summed E-state index contributed by atoms with van der Waals surface area (Å²) >= 11 is 3.42. The maximum absolute atomic E-state index is 9.10. The van der Waals surface area contributed by atoms with Crippen LogP contribution in [0.4, 0.5) is 0 Å². The molecule has 0 aromatic heterocycles. The lowest BCUT2D eigenvalue weighted by atomic mass is 10.1. The van der Waals surface area contributed by atoms with Crippen molar-refractivity contribution < 1.29 is 10.0 Å². The van der Waals surface area contributed by atoms with Crippen LogP contribution < -0.4 is 0 Å². The SMILES string of the molecule is Brc1ccc(-c2ccccc2)cc1.O=CC=NO. The molecule has 0 fully saturated rings. The molecule has 0 saturated carbocycles. The molecule has 0 spiro atoms. The van der Waals surface area contributed by atoms with Crippen molar-refractivity contribution in [3.8, 4) is 11.1 Å². The highest BCUT2D eigenvalue weighted by Gasteiger charge is 1.94. The van der Waals surface area contributed by atoms with Crippen molar-refractivity contribution in [2.45, 2.75) is 0 Å². The van der Waals surface area contributed by atoms with Gasteiger partial charge >= 0.3 is 0 Å². The smallest absolute Gasteiger partial charge is 0.164 e. The minimum Gasteiger partial charge on any atom is -0.411 e. The maximum atomic E-state index is 9.10. The van der Waals surface area contributed by atoms with Crippen LogP contribution in [0, 0.1) is 0 Å². The molecule has 0 aliphatic rings. The van der Waals surface area contributed by atoms with E-state index in [9.17, 15) is 0 Å². The molecule has 2 rings (SSSR count). The van der Waals surface area contributed by atoms with Gasteiger partial charge in [-0.05, 0) is 23.3 Å². The van der Waals surface area contributed by atoms with Gasteiger partial charge in [-0.15, -0.1) is 0 Å². The number of aldehydes is 1. The predicted octanol–water partition coefficient (Wildman–Crippen LogP) is 3.76. The molecule has 1 N–H and O–H groups in total. The van der Waals surface area contributed by atoms with E-state index >= 15 is 0 Å². The Bertz CT molecular complexity index is 495. The first-order valence-corrected chi connectivity index (χ1v) is 5.99. The van der Waals surface area contributed by atoms with Crippen molar-refractivity contribution in [2.75, 3.05) is 0 Å². The highest BCUT2D eigenvalue weighted by Crippen LogP contribution is 2.20. The van der Waals surface area contributed by atoms with Crippen molar-refractivity contribution in [3.05, 3.63) is 59.1 Å². The van der Waals surface area contributed by atoms with Gasteiger partial charge in [0.05, 0.1) is 0 Å². The molecular formula is C14H12BrNO2. The zero-order valence-corrected chi connectivity index (χ0v) is 11.1. The third-order valence-electron chi connectivity index (χ3n) is 2.08. The second-order valence-electron chi connectivity index (χ2n) is 3.27. The number of rotatable bonds is 2. The van der Waals surface area contributed by atoms with Gasteiger partial charge in [-0.1, -0.05) is 63.6 Å². The molecule has 0 radical (unpaired) electrons. The van der Waals surface area contributed by atoms with Gasteiger partial charge < -0.3 is 5.21 Å². The van der Waals surface area contributed by atoms with Crippen molar-refractivity contribution in [1.29, 1.82) is 0 Å². The Morgan fingerprint density at radius 1 is 0.944 bits per heavy atom. The minimum absolute atomic E-state index is 0.389. The van der Waals surface area contributed by atoms with Crippen LogP contribution >= 0.6 is 15.9 Å². The summed E-state index contributed by atoms with van der Waals surface area (Å²) in [6, 6.07) is 18.7. The molecule has 0 atom stereocenters. The fourth-order valence-electron chi connectivity index (χ4n) is 1.30. The van der Waals surface area contributed by atoms with Gasteiger partial charge in [0.15, 0.2) is 6.29 Å². The van der Waals surface area contributed by atoms with Crippen LogP contribution in [-0.4, -0.2) is 17.7 Å². The number of carbonyl (C=O) groups is 1. The van der Waals surface area contributed by atoms with E-state index in [2.05, 4.69) is 69.6 Å². The number of carbonyl (C=O) groups excluding carboxylic acids is 1. The molecule has 0 heterocycles. The van der Waals surface area contributed by atoms with Crippen LogP contribution in [0.5, 0.6) is 0 Å². The molecular weight excluding hydrogens is 294 g/mol. The quantitative estimate of drug-likeness (QED) is 0.397. The zero-order chi connectivity index (χ0) is 13.2. The third-order valence-corrected chi connectivity index (χ3v) is 2.61. The molecule has 0 amide bonds. The first-order valence-electron chi connectivity index (χ1n) is 5.20. The fourth-order valence-corrected chi connectivity index (χ4v) is 1.56. The largest absolute Gasteiger partial charge is 0.411 e. The molecule has 0 saturated heterocycles. The van der Waals surface area contributed by atoms with Crippen molar-refractivity contribution in [3.63, 3.8) is 0 Å². The van der Waals surface area contributed by atoms with Gasteiger partial charge in [0, 0.05) is 4.47 Å². The van der Waals surface area contributed by atoms with E-state index in [4.69, 9.17) is 10.0 Å². The van der Waals surface area contributed by atoms with Crippen LogP contribution in [0.3, 0.4) is 0 Å². The number of benzene rings is 2. The first-order chi connectivity index (χ1) is 8.77.